The summed E-state index contributed by atoms with van der Waals surface area (Å²) in [6.45, 7) is 2.46. The van der Waals surface area contributed by atoms with Gasteiger partial charge in [0.25, 0.3) is 0 Å². The molecule has 3 saturated carbocycles. The molecular formula is C25H37Y-. The molecule has 1 aromatic rings. The fourth-order valence-electron chi connectivity index (χ4n) is 6.44. The maximum Gasteiger partial charge on any atom is 0 e. The molecule has 26 heavy (non-hydrogen) atoms. The van der Waals surface area contributed by atoms with Gasteiger partial charge in [0.15, 0.2) is 0 Å². The van der Waals surface area contributed by atoms with Gasteiger partial charge in [0.2, 0.25) is 0 Å². The summed E-state index contributed by atoms with van der Waals surface area (Å²) >= 11 is 0. The maximum atomic E-state index is 3.17. The molecule has 0 nitrogen and oxygen atoms in total. The van der Waals surface area contributed by atoms with E-state index in [9.17, 15) is 0 Å². The van der Waals surface area contributed by atoms with Gasteiger partial charge >= 0.3 is 0 Å². The number of hydrogen-bond donors (Lipinski definition) is 0. The summed E-state index contributed by atoms with van der Waals surface area (Å²) < 4.78 is 0. The quantitative estimate of drug-likeness (QED) is 0.442. The van der Waals surface area contributed by atoms with Crippen molar-refractivity contribution >= 4 is 0 Å². The second-order valence-corrected chi connectivity index (χ2v) is 9.64. The van der Waals surface area contributed by atoms with Crippen LogP contribution in [0.15, 0.2) is 24.3 Å². The molecule has 1 aromatic carbocycles. The summed E-state index contributed by atoms with van der Waals surface area (Å²) in [7, 11) is 0. The van der Waals surface area contributed by atoms with E-state index < -0.39 is 0 Å². The molecule has 141 valence electrons. The van der Waals surface area contributed by atoms with Crippen LogP contribution in [0.3, 0.4) is 0 Å². The minimum atomic E-state index is 0. The molecule has 0 heterocycles. The van der Waals surface area contributed by atoms with E-state index in [0.29, 0.717) is 0 Å². The predicted molar refractivity (Wildman–Crippen MR) is 107 cm³/mol. The van der Waals surface area contributed by atoms with Gasteiger partial charge in [-0.25, -0.2) is 0 Å². The van der Waals surface area contributed by atoms with Crippen LogP contribution in [-0.2, 0) is 32.7 Å². The molecule has 1 heteroatoms. The normalized spacial score (nSPS) is 38.3. The second kappa shape index (κ2) is 10.2. The van der Waals surface area contributed by atoms with Crippen molar-refractivity contribution in [2.24, 2.45) is 29.6 Å². The summed E-state index contributed by atoms with van der Waals surface area (Å²) in [6, 6.07) is 11.9. The summed E-state index contributed by atoms with van der Waals surface area (Å²) in [5.74, 6) is 6.10. The van der Waals surface area contributed by atoms with Crippen molar-refractivity contribution in [2.45, 2.75) is 89.9 Å². The van der Waals surface area contributed by atoms with Crippen LogP contribution >= 0.6 is 0 Å². The summed E-state index contributed by atoms with van der Waals surface area (Å²) in [5, 5.41) is 0. The zero-order valence-electron chi connectivity index (χ0n) is 16.8. The van der Waals surface area contributed by atoms with Gasteiger partial charge < -0.3 is 0 Å². The van der Waals surface area contributed by atoms with E-state index in [4.69, 9.17) is 0 Å². The van der Waals surface area contributed by atoms with E-state index in [0.717, 1.165) is 35.5 Å². The summed E-state index contributed by atoms with van der Waals surface area (Å²) in [6.07, 6.45) is 18.1. The molecule has 0 aromatic heterocycles. The van der Waals surface area contributed by atoms with Crippen LogP contribution in [0.4, 0.5) is 0 Å². The zero-order valence-corrected chi connectivity index (χ0v) is 19.7. The Kier molecular flexibility index (Phi) is 8.26. The van der Waals surface area contributed by atoms with Crippen molar-refractivity contribution in [3.63, 3.8) is 0 Å². The standard InChI is InChI=1S/C25H37.Y/c1-19-7-9-21(10-8-19)23-15-17-25(18-16-23)24-13-11-22(12-14-24)20-5-3-2-4-6-20;/h3-6,19,21-25H,7-18H2,1H3;/q-1;. The minimum Gasteiger partial charge on any atom is -0.184 e. The van der Waals surface area contributed by atoms with Gasteiger partial charge in [-0.15, -0.1) is 0 Å². The Labute approximate surface area is 187 Å². The largest absolute Gasteiger partial charge is 0.184 e. The molecular weight excluding hydrogens is 389 g/mol. The molecule has 3 aliphatic rings. The third-order valence-corrected chi connectivity index (χ3v) is 8.20. The predicted octanol–water partition coefficient (Wildman–Crippen LogP) is 7.39. The van der Waals surface area contributed by atoms with E-state index in [2.05, 4.69) is 37.3 Å². The monoisotopic (exact) mass is 426 g/mol. The Balaban J connectivity index is 0.00000196. The Morgan fingerprint density at radius 2 is 1.00 bits per heavy atom. The molecule has 1 radical (unpaired) electrons. The smallest absolute Gasteiger partial charge is 0 e. The molecule has 0 unspecified atom stereocenters. The van der Waals surface area contributed by atoms with Gasteiger partial charge in [-0.05, 0) is 99.7 Å². The van der Waals surface area contributed by atoms with Crippen molar-refractivity contribution < 1.29 is 32.7 Å². The van der Waals surface area contributed by atoms with E-state index >= 15 is 0 Å². The van der Waals surface area contributed by atoms with Gasteiger partial charge in [-0.2, -0.15) is 35.9 Å². The van der Waals surface area contributed by atoms with Gasteiger partial charge in [0.05, 0.1) is 0 Å². The van der Waals surface area contributed by atoms with Gasteiger partial charge in [0, 0.05) is 32.7 Å². The van der Waals surface area contributed by atoms with Crippen LogP contribution < -0.4 is 0 Å². The number of benzene rings is 1. The first-order valence-electron chi connectivity index (χ1n) is 11.3. The average molecular weight is 426 g/mol. The molecule has 3 fully saturated rings. The summed E-state index contributed by atoms with van der Waals surface area (Å²) in [4.78, 5) is 0. The first-order valence-corrected chi connectivity index (χ1v) is 11.3. The Hall–Kier alpha value is 0.324. The fourth-order valence-corrected chi connectivity index (χ4v) is 6.44. The second-order valence-electron chi connectivity index (χ2n) is 9.64. The zero-order chi connectivity index (χ0) is 17.1. The van der Waals surface area contributed by atoms with Crippen LogP contribution in [0.25, 0.3) is 0 Å². The molecule has 0 atom stereocenters. The van der Waals surface area contributed by atoms with Crippen molar-refractivity contribution in [3.05, 3.63) is 35.9 Å². The maximum absolute atomic E-state index is 3.17. The fraction of sp³-hybridized carbons (Fsp3) is 0.760. The third kappa shape index (κ3) is 5.23. The van der Waals surface area contributed by atoms with Gasteiger partial charge in [-0.1, -0.05) is 19.8 Å². The number of hydrogen-bond acceptors (Lipinski definition) is 0. The first-order chi connectivity index (χ1) is 12.3. The summed E-state index contributed by atoms with van der Waals surface area (Å²) in [5.41, 5.74) is 1.56. The van der Waals surface area contributed by atoms with E-state index in [-0.39, 0.29) is 32.7 Å². The van der Waals surface area contributed by atoms with Gasteiger partial charge in [0.1, 0.15) is 0 Å². The minimum absolute atomic E-state index is 0. The first kappa shape index (κ1) is 21.0. The molecule has 0 saturated heterocycles. The number of rotatable bonds is 3. The van der Waals surface area contributed by atoms with Crippen LogP contribution in [0.2, 0.25) is 0 Å². The Bertz CT molecular complexity index is 500. The average Bonchev–Trinajstić information content (AvgIpc) is 2.70. The van der Waals surface area contributed by atoms with Crippen molar-refractivity contribution in [1.29, 1.82) is 0 Å². The van der Waals surface area contributed by atoms with Crippen molar-refractivity contribution in [2.75, 3.05) is 0 Å². The van der Waals surface area contributed by atoms with E-state index in [1.54, 1.807) is 31.2 Å². The molecule has 0 bridgehead atoms. The van der Waals surface area contributed by atoms with Crippen LogP contribution in [0.5, 0.6) is 0 Å². The molecule has 0 aliphatic heterocycles. The topological polar surface area (TPSA) is 0 Å². The van der Waals surface area contributed by atoms with Crippen LogP contribution in [0, 0.1) is 35.7 Å². The van der Waals surface area contributed by atoms with Crippen molar-refractivity contribution in [1.82, 2.24) is 0 Å². The van der Waals surface area contributed by atoms with E-state index in [1.807, 2.05) is 0 Å². The van der Waals surface area contributed by atoms with Crippen molar-refractivity contribution in [3.8, 4) is 0 Å². The van der Waals surface area contributed by atoms with E-state index in [1.165, 1.54) is 51.4 Å². The van der Waals surface area contributed by atoms with Gasteiger partial charge in [-0.3, -0.25) is 0 Å². The Morgan fingerprint density at radius 3 is 1.46 bits per heavy atom. The van der Waals surface area contributed by atoms with Crippen LogP contribution in [-0.4, -0.2) is 0 Å². The molecule has 0 amide bonds. The molecule has 0 N–H and O–H groups in total. The molecule has 3 aliphatic carbocycles. The Morgan fingerprint density at radius 1 is 0.615 bits per heavy atom. The third-order valence-electron chi connectivity index (χ3n) is 8.20. The molecule has 4 rings (SSSR count). The SMILES string of the molecule is CC1CCC(C2CCC(C3CCC(c4cc[c-]cc4)CC3)CC2)CC1.[Y]. The van der Waals surface area contributed by atoms with Crippen LogP contribution in [0.1, 0.15) is 95.5 Å². The molecule has 0 spiro atoms.